The average Bonchev–Trinajstić information content (AvgIpc) is 2.97. The molecule has 3 heterocycles. The zero-order valence-corrected chi connectivity index (χ0v) is 24.8. The summed E-state index contributed by atoms with van der Waals surface area (Å²) in [4.78, 5) is 18.1. The smallest absolute Gasteiger partial charge is 0.306 e. The van der Waals surface area contributed by atoms with Crippen LogP contribution in [0.2, 0.25) is 0 Å². The van der Waals surface area contributed by atoms with E-state index >= 15 is 0 Å². The summed E-state index contributed by atoms with van der Waals surface area (Å²) in [5.41, 5.74) is 11.5. The van der Waals surface area contributed by atoms with Gasteiger partial charge >= 0.3 is 5.16 Å². The van der Waals surface area contributed by atoms with E-state index in [2.05, 4.69) is 19.2 Å². The highest BCUT2D eigenvalue weighted by atomic mass is 32.2. The second kappa shape index (κ2) is 11.2. The van der Waals surface area contributed by atoms with Crippen LogP contribution in [0.3, 0.4) is 0 Å². The highest BCUT2D eigenvalue weighted by molar-refractivity contribution is 7.99. The Morgan fingerprint density at radius 2 is 1.74 bits per heavy atom. The Kier molecular flexibility index (Phi) is 7.44. The van der Waals surface area contributed by atoms with Crippen LogP contribution in [0.1, 0.15) is 25.0 Å². The number of ether oxygens (including phenoxy) is 1. The molecule has 6 rings (SSSR count). The lowest BCUT2D eigenvalue weighted by atomic mass is 9.90. The summed E-state index contributed by atoms with van der Waals surface area (Å²) >= 11 is 7.34. The van der Waals surface area contributed by atoms with Gasteiger partial charge in [-0.1, -0.05) is 65.7 Å². The number of nitrogen functional groups attached to an aromatic ring is 1. The number of nitrogens with zero attached hydrogens (tertiary/aromatic N) is 3. The van der Waals surface area contributed by atoms with E-state index in [0.29, 0.717) is 40.0 Å². The predicted molar refractivity (Wildman–Crippen MR) is 166 cm³/mol. The van der Waals surface area contributed by atoms with Crippen molar-refractivity contribution in [2.75, 3.05) is 16.8 Å². The minimum absolute atomic E-state index is 0.0712. The summed E-state index contributed by atoms with van der Waals surface area (Å²) in [7, 11) is 0. The van der Waals surface area contributed by atoms with E-state index in [0.717, 1.165) is 27.9 Å². The van der Waals surface area contributed by atoms with E-state index in [4.69, 9.17) is 27.7 Å². The Hall–Kier alpha value is -4.25. The van der Waals surface area contributed by atoms with Crippen molar-refractivity contribution in [1.29, 1.82) is 0 Å². The lowest BCUT2D eigenvalue weighted by molar-refractivity contribution is -0.624. The van der Waals surface area contributed by atoms with Crippen molar-refractivity contribution in [3.05, 3.63) is 101 Å². The molecule has 0 bridgehead atoms. The number of anilines is 2. The van der Waals surface area contributed by atoms with E-state index in [9.17, 15) is 9.90 Å². The molecule has 3 aromatic carbocycles. The fourth-order valence-corrected chi connectivity index (χ4v) is 6.37. The fourth-order valence-electron chi connectivity index (χ4n) is 5.18. The zero-order valence-electron chi connectivity index (χ0n) is 23.2. The number of benzene rings is 3. The number of hydrogen-bond acceptors (Lipinski definition) is 7. The first-order chi connectivity index (χ1) is 20.2. The molecule has 1 aliphatic heterocycles. The average molecular weight is 596 g/mol. The number of rotatable bonds is 6. The molecule has 0 fully saturated rings. The summed E-state index contributed by atoms with van der Waals surface area (Å²) in [5, 5.41) is 15.7. The van der Waals surface area contributed by atoms with Crippen molar-refractivity contribution in [3.63, 3.8) is 0 Å². The summed E-state index contributed by atoms with van der Waals surface area (Å²) in [6.45, 7) is 4.50. The second-order valence-corrected chi connectivity index (χ2v) is 12.0. The summed E-state index contributed by atoms with van der Waals surface area (Å²) in [6, 6.07) is 25.6. The predicted octanol–water partition coefficient (Wildman–Crippen LogP) is 5.27. The molecule has 0 spiro atoms. The number of para-hydroxylation sites is 2. The normalized spacial score (nSPS) is 14.0. The summed E-state index contributed by atoms with van der Waals surface area (Å²) in [6.07, 6.45) is 0.621. The highest BCUT2D eigenvalue weighted by Crippen LogP contribution is 2.37. The molecule has 0 unspecified atom stereocenters. The lowest BCUT2D eigenvalue weighted by Crippen LogP contribution is -2.40. The number of carbonyl (C=O) groups is 1. The quantitative estimate of drug-likeness (QED) is 0.119. The van der Waals surface area contributed by atoms with Crippen LogP contribution in [-0.2, 0) is 22.6 Å². The molecule has 0 radical (unpaired) electrons. The highest BCUT2D eigenvalue weighted by Gasteiger charge is 2.34. The molecule has 2 aromatic heterocycles. The van der Waals surface area contributed by atoms with E-state index in [1.54, 1.807) is 12.1 Å². The van der Waals surface area contributed by atoms with Crippen LogP contribution in [-0.4, -0.2) is 26.8 Å². The Morgan fingerprint density at radius 3 is 2.43 bits per heavy atom. The zero-order chi connectivity index (χ0) is 29.4. The lowest BCUT2D eigenvalue weighted by Gasteiger charge is -2.33. The van der Waals surface area contributed by atoms with Gasteiger partial charge in [0.25, 0.3) is 0 Å². The molecule has 10 heteroatoms. The topological polar surface area (TPSA) is 109 Å². The van der Waals surface area contributed by atoms with Crippen LogP contribution in [0.25, 0.3) is 22.4 Å². The third kappa shape index (κ3) is 5.36. The number of hydrogen-bond donors (Lipinski definition) is 2. The first-order valence-corrected chi connectivity index (χ1v) is 14.9. The van der Waals surface area contributed by atoms with Gasteiger partial charge in [-0.05, 0) is 67.6 Å². The molecule has 1 aliphatic rings. The van der Waals surface area contributed by atoms with Crippen molar-refractivity contribution < 1.29 is 19.2 Å². The third-order valence-corrected chi connectivity index (χ3v) is 8.53. The molecule has 8 nitrogen and oxygen atoms in total. The summed E-state index contributed by atoms with van der Waals surface area (Å²) in [5.74, 6) is 0.228. The van der Waals surface area contributed by atoms with Crippen LogP contribution in [0, 0.1) is 4.64 Å². The molecule has 5 aromatic rings. The van der Waals surface area contributed by atoms with Gasteiger partial charge in [0.05, 0.1) is 18.0 Å². The maximum atomic E-state index is 13.0. The Morgan fingerprint density at radius 1 is 1.07 bits per heavy atom. The van der Waals surface area contributed by atoms with Gasteiger partial charge in [0.2, 0.25) is 17.4 Å². The summed E-state index contributed by atoms with van der Waals surface area (Å²) < 4.78 is 10.7. The van der Waals surface area contributed by atoms with Gasteiger partial charge in [0, 0.05) is 23.4 Å². The number of nitrogens with one attached hydrogen (secondary N) is 1. The molecule has 0 atom stereocenters. The third-order valence-electron chi connectivity index (χ3n) is 7.16. The van der Waals surface area contributed by atoms with Gasteiger partial charge in [-0.15, -0.1) is 5.75 Å². The number of amides is 1. The molecular formula is C32H29N5O3S2. The maximum Gasteiger partial charge on any atom is 0.306 e. The Labute approximate surface area is 252 Å². The minimum atomic E-state index is -0.402. The molecule has 0 aliphatic carbocycles. The molecule has 212 valence electrons. The van der Waals surface area contributed by atoms with E-state index in [1.165, 1.54) is 23.9 Å². The SMILES string of the molecule is CC1(C)Cc2c(c(=S)n(-c3ccccc3)c3nc(SCC(=O)Nc4ccc([O-])cc4)[n+](-c4ccccc4)c(N)c23)CO1. The molecular weight excluding hydrogens is 567 g/mol. The second-order valence-electron chi connectivity index (χ2n) is 10.7. The largest absolute Gasteiger partial charge is 0.872 e. The van der Waals surface area contributed by atoms with Gasteiger partial charge in [-0.25, -0.2) is 0 Å². The Bertz CT molecular complexity index is 1860. The number of carbonyl (C=O) groups excluding carboxylic acids is 1. The number of fused-ring (bicyclic) bond motifs is 3. The fraction of sp³-hybridized carbons (Fsp3) is 0.188. The van der Waals surface area contributed by atoms with Gasteiger partial charge in [-0.3, -0.25) is 9.36 Å². The van der Waals surface area contributed by atoms with Gasteiger partial charge < -0.3 is 20.9 Å². The number of pyridine rings is 1. The Balaban J connectivity index is 1.55. The van der Waals surface area contributed by atoms with Gasteiger partial charge in [0.1, 0.15) is 15.7 Å². The van der Waals surface area contributed by atoms with E-state index in [1.807, 2.05) is 69.8 Å². The molecule has 0 saturated heterocycles. The first-order valence-electron chi connectivity index (χ1n) is 13.5. The molecule has 0 saturated carbocycles. The van der Waals surface area contributed by atoms with Gasteiger partial charge in [0.15, 0.2) is 0 Å². The van der Waals surface area contributed by atoms with Crippen molar-refractivity contribution in [2.45, 2.75) is 37.6 Å². The number of nitrogens with two attached hydrogens (primary N) is 1. The molecule has 3 N–H and O–H groups in total. The maximum absolute atomic E-state index is 13.0. The van der Waals surface area contributed by atoms with Crippen LogP contribution >= 0.6 is 24.0 Å². The van der Waals surface area contributed by atoms with Crippen molar-refractivity contribution in [1.82, 2.24) is 9.55 Å². The molecule has 1 amide bonds. The van der Waals surface area contributed by atoms with Gasteiger partial charge in [-0.2, -0.15) is 4.57 Å². The van der Waals surface area contributed by atoms with Crippen LogP contribution < -0.4 is 20.7 Å². The van der Waals surface area contributed by atoms with Crippen molar-refractivity contribution >= 4 is 52.4 Å². The standard InChI is InChI=1S/C32H29N5O3S2/c1-32(2)17-24-25(18-40-32)30(41)37(22-11-7-4-8-12-22)29-27(24)28(33)36(21-9-5-3-6-10-21)31(35-29)42-19-26(39)34-20-13-15-23(38)16-14-20/h3-16,33H,17-19H2,1-2H3,(H2,34,38,39). The number of aromatic nitrogens is 3. The van der Waals surface area contributed by atoms with Crippen LogP contribution in [0.4, 0.5) is 11.5 Å². The van der Waals surface area contributed by atoms with Crippen LogP contribution in [0.5, 0.6) is 5.75 Å². The molecule has 42 heavy (non-hydrogen) atoms. The minimum Gasteiger partial charge on any atom is -0.872 e. The number of thioether (sulfide) groups is 1. The van der Waals surface area contributed by atoms with E-state index < -0.39 is 5.60 Å². The van der Waals surface area contributed by atoms with Crippen molar-refractivity contribution in [3.8, 4) is 17.1 Å². The monoisotopic (exact) mass is 595 g/mol. The first kappa shape index (κ1) is 27.9. The van der Waals surface area contributed by atoms with E-state index in [-0.39, 0.29) is 17.4 Å². The van der Waals surface area contributed by atoms with Crippen LogP contribution in [0.15, 0.2) is 90.1 Å². The van der Waals surface area contributed by atoms with Crippen molar-refractivity contribution in [2.24, 2.45) is 0 Å².